The standard InChI is InChI=1S/C13H21N5O/c1-11(10-12(14)16-19)17-6-8-18(9-7-17)13-4-2-3-5-15-13/h2-5,11,19H,6-10H2,1H3,(H2,14,16). The van der Waals surface area contributed by atoms with Crippen molar-refractivity contribution in [1.29, 1.82) is 0 Å². The third kappa shape index (κ3) is 3.57. The fraction of sp³-hybridized carbons (Fsp3) is 0.538. The second-order valence-corrected chi connectivity index (χ2v) is 4.86. The minimum Gasteiger partial charge on any atom is -0.409 e. The van der Waals surface area contributed by atoms with Gasteiger partial charge in [0.2, 0.25) is 0 Å². The third-order valence-electron chi connectivity index (χ3n) is 3.54. The summed E-state index contributed by atoms with van der Waals surface area (Å²) >= 11 is 0. The molecule has 1 fully saturated rings. The van der Waals surface area contributed by atoms with Gasteiger partial charge >= 0.3 is 0 Å². The molecule has 0 aliphatic carbocycles. The Bertz CT molecular complexity index is 414. The monoisotopic (exact) mass is 263 g/mol. The molecule has 1 unspecified atom stereocenters. The van der Waals surface area contributed by atoms with Crippen molar-refractivity contribution in [3.63, 3.8) is 0 Å². The van der Waals surface area contributed by atoms with Gasteiger partial charge in [0.25, 0.3) is 0 Å². The molecule has 1 aliphatic rings. The molecule has 1 aromatic heterocycles. The molecule has 104 valence electrons. The van der Waals surface area contributed by atoms with Gasteiger partial charge in [-0.1, -0.05) is 11.2 Å². The molecule has 0 amide bonds. The fourth-order valence-electron chi connectivity index (χ4n) is 2.41. The first-order chi connectivity index (χ1) is 9.20. The zero-order chi connectivity index (χ0) is 13.7. The fourth-order valence-corrected chi connectivity index (χ4v) is 2.41. The van der Waals surface area contributed by atoms with Crippen molar-refractivity contribution in [3.8, 4) is 0 Å². The van der Waals surface area contributed by atoms with Gasteiger partial charge in [-0.05, 0) is 19.1 Å². The van der Waals surface area contributed by atoms with Crippen LogP contribution >= 0.6 is 0 Å². The average Bonchev–Trinajstić information content (AvgIpc) is 2.48. The topological polar surface area (TPSA) is 78.0 Å². The minimum atomic E-state index is 0.291. The third-order valence-corrected chi connectivity index (χ3v) is 3.54. The molecule has 0 aromatic carbocycles. The molecule has 1 aliphatic heterocycles. The quantitative estimate of drug-likeness (QED) is 0.362. The van der Waals surface area contributed by atoms with E-state index in [1.54, 1.807) is 0 Å². The number of rotatable bonds is 4. The molecule has 1 aromatic rings. The zero-order valence-electron chi connectivity index (χ0n) is 11.2. The van der Waals surface area contributed by atoms with Crippen molar-refractivity contribution in [2.24, 2.45) is 10.9 Å². The van der Waals surface area contributed by atoms with Crippen molar-refractivity contribution in [3.05, 3.63) is 24.4 Å². The van der Waals surface area contributed by atoms with Crippen molar-refractivity contribution in [1.82, 2.24) is 9.88 Å². The number of oxime groups is 1. The molecular weight excluding hydrogens is 242 g/mol. The van der Waals surface area contributed by atoms with Crippen LogP contribution in [0, 0.1) is 0 Å². The highest BCUT2D eigenvalue weighted by molar-refractivity contribution is 5.80. The summed E-state index contributed by atoms with van der Waals surface area (Å²) in [6.45, 7) is 5.95. The summed E-state index contributed by atoms with van der Waals surface area (Å²) in [4.78, 5) is 9.01. The SMILES string of the molecule is CC(C/C(N)=N/O)N1CCN(c2ccccn2)CC1. The largest absolute Gasteiger partial charge is 0.409 e. The number of hydrogen-bond acceptors (Lipinski definition) is 5. The van der Waals surface area contributed by atoms with Crippen LogP contribution in [0.5, 0.6) is 0 Å². The maximum absolute atomic E-state index is 8.60. The first kappa shape index (κ1) is 13.6. The Labute approximate surface area is 113 Å². The van der Waals surface area contributed by atoms with Gasteiger partial charge in [-0.25, -0.2) is 4.98 Å². The number of aromatic nitrogens is 1. The Hall–Kier alpha value is -1.82. The Morgan fingerprint density at radius 1 is 1.42 bits per heavy atom. The van der Waals surface area contributed by atoms with E-state index >= 15 is 0 Å². The first-order valence-electron chi connectivity index (χ1n) is 6.57. The van der Waals surface area contributed by atoms with E-state index in [9.17, 15) is 0 Å². The van der Waals surface area contributed by atoms with Gasteiger partial charge in [-0.3, -0.25) is 4.90 Å². The highest BCUT2D eigenvalue weighted by Gasteiger charge is 2.22. The highest BCUT2D eigenvalue weighted by atomic mass is 16.4. The van der Waals surface area contributed by atoms with Crippen molar-refractivity contribution in [2.75, 3.05) is 31.1 Å². The molecule has 2 heterocycles. The summed E-state index contributed by atoms with van der Waals surface area (Å²) in [5.41, 5.74) is 5.55. The van der Waals surface area contributed by atoms with Crippen LogP contribution in [0.3, 0.4) is 0 Å². The van der Waals surface area contributed by atoms with E-state index in [4.69, 9.17) is 10.9 Å². The predicted molar refractivity (Wildman–Crippen MR) is 75.5 cm³/mol. The molecule has 0 bridgehead atoms. The van der Waals surface area contributed by atoms with Gasteiger partial charge in [0.1, 0.15) is 11.7 Å². The molecule has 19 heavy (non-hydrogen) atoms. The maximum atomic E-state index is 8.60. The van der Waals surface area contributed by atoms with Crippen LogP contribution in [0.15, 0.2) is 29.6 Å². The van der Waals surface area contributed by atoms with Crippen LogP contribution < -0.4 is 10.6 Å². The molecule has 6 heteroatoms. The molecule has 6 nitrogen and oxygen atoms in total. The normalized spacial score (nSPS) is 19.4. The van der Waals surface area contributed by atoms with Crippen LogP contribution in [-0.4, -0.2) is 53.1 Å². The van der Waals surface area contributed by atoms with Crippen molar-refractivity contribution >= 4 is 11.7 Å². The van der Waals surface area contributed by atoms with Crippen LogP contribution in [0.1, 0.15) is 13.3 Å². The van der Waals surface area contributed by atoms with Crippen molar-refractivity contribution < 1.29 is 5.21 Å². The Kier molecular flexibility index (Phi) is 4.57. The van der Waals surface area contributed by atoms with Crippen LogP contribution in [-0.2, 0) is 0 Å². The number of piperazine rings is 1. The van der Waals surface area contributed by atoms with Gasteiger partial charge in [-0.15, -0.1) is 0 Å². The van der Waals surface area contributed by atoms with Crippen LogP contribution in [0.2, 0.25) is 0 Å². The molecule has 1 atom stereocenters. The number of pyridine rings is 1. The lowest BCUT2D eigenvalue weighted by Crippen LogP contribution is -2.50. The molecular formula is C13H21N5O. The molecule has 3 N–H and O–H groups in total. The van der Waals surface area contributed by atoms with E-state index in [1.165, 1.54) is 0 Å². The smallest absolute Gasteiger partial charge is 0.140 e. The van der Waals surface area contributed by atoms with Gasteiger partial charge in [0.05, 0.1) is 0 Å². The summed E-state index contributed by atoms with van der Waals surface area (Å²) in [5, 5.41) is 11.6. The van der Waals surface area contributed by atoms with Gasteiger partial charge in [0, 0.05) is 44.8 Å². The summed E-state index contributed by atoms with van der Waals surface area (Å²) in [6.07, 6.45) is 2.42. The van der Waals surface area contributed by atoms with Gasteiger partial charge < -0.3 is 15.8 Å². The molecule has 0 saturated carbocycles. The maximum Gasteiger partial charge on any atom is 0.140 e. The first-order valence-corrected chi connectivity index (χ1v) is 6.57. The number of hydrogen-bond donors (Lipinski definition) is 2. The van der Waals surface area contributed by atoms with E-state index in [2.05, 4.69) is 26.9 Å². The summed E-state index contributed by atoms with van der Waals surface area (Å²) in [7, 11) is 0. The second-order valence-electron chi connectivity index (χ2n) is 4.86. The minimum absolute atomic E-state index is 0.291. The summed E-state index contributed by atoms with van der Waals surface area (Å²) in [6, 6.07) is 6.27. The van der Waals surface area contributed by atoms with Crippen LogP contribution in [0.4, 0.5) is 5.82 Å². The Balaban J connectivity index is 1.85. The molecule has 1 saturated heterocycles. The van der Waals surface area contributed by atoms with E-state index in [0.29, 0.717) is 18.3 Å². The summed E-state index contributed by atoms with van der Waals surface area (Å²) in [5.74, 6) is 1.32. The van der Waals surface area contributed by atoms with Gasteiger partial charge in [0.15, 0.2) is 0 Å². The lowest BCUT2D eigenvalue weighted by atomic mass is 10.1. The van der Waals surface area contributed by atoms with Crippen LogP contribution in [0.25, 0.3) is 0 Å². The van der Waals surface area contributed by atoms with E-state index in [1.807, 2.05) is 24.4 Å². The van der Waals surface area contributed by atoms with Gasteiger partial charge in [-0.2, -0.15) is 0 Å². The number of anilines is 1. The summed E-state index contributed by atoms with van der Waals surface area (Å²) < 4.78 is 0. The lowest BCUT2D eigenvalue weighted by molar-refractivity contribution is 0.199. The van der Waals surface area contributed by atoms with E-state index in [-0.39, 0.29) is 0 Å². The number of nitrogens with zero attached hydrogens (tertiary/aromatic N) is 4. The van der Waals surface area contributed by atoms with E-state index < -0.39 is 0 Å². The Morgan fingerprint density at radius 2 is 2.16 bits per heavy atom. The predicted octanol–water partition coefficient (Wildman–Crippen LogP) is 0.729. The second kappa shape index (κ2) is 6.38. The molecule has 0 radical (unpaired) electrons. The van der Waals surface area contributed by atoms with E-state index in [0.717, 1.165) is 32.0 Å². The lowest BCUT2D eigenvalue weighted by Gasteiger charge is -2.38. The number of amidine groups is 1. The number of nitrogens with two attached hydrogens (primary N) is 1. The molecule has 2 rings (SSSR count). The highest BCUT2D eigenvalue weighted by Crippen LogP contribution is 2.14. The zero-order valence-corrected chi connectivity index (χ0v) is 11.2. The molecule has 0 spiro atoms. The Morgan fingerprint density at radius 3 is 2.74 bits per heavy atom. The average molecular weight is 263 g/mol. The van der Waals surface area contributed by atoms with Crippen molar-refractivity contribution in [2.45, 2.75) is 19.4 Å².